The van der Waals surface area contributed by atoms with E-state index in [1.807, 2.05) is 6.92 Å². The molecule has 202 valence electrons. The summed E-state index contributed by atoms with van der Waals surface area (Å²) in [6.07, 6.45) is -0.251. The fraction of sp³-hybridized carbons (Fsp3) is 0.880. The Hall–Kier alpha value is -1.94. The number of alkyl halides is 1. The minimum atomic E-state index is -2.33. The number of carbonyl (C=O) groups excluding carboxylic acids is 2. The fourth-order valence-corrected chi connectivity index (χ4v) is 4.81. The van der Waals surface area contributed by atoms with Crippen LogP contribution in [0.25, 0.3) is 0 Å². The Bertz CT molecular complexity index is 760. The summed E-state index contributed by atoms with van der Waals surface area (Å²) in [5.74, 6) is -2.24. The zero-order valence-corrected chi connectivity index (χ0v) is 21.8. The van der Waals surface area contributed by atoms with Gasteiger partial charge < -0.3 is 29.8 Å². The molecular formula is C25H42FNO8. The van der Waals surface area contributed by atoms with Gasteiger partial charge in [0.2, 0.25) is 12.0 Å². The van der Waals surface area contributed by atoms with Crippen molar-refractivity contribution in [2.24, 2.45) is 29.4 Å². The number of rotatable bonds is 12. The molecule has 35 heavy (non-hydrogen) atoms. The van der Waals surface area contributed by atoms with Gasteiger partial charge in [-0.1, -0.05) is 34.1 Å². The van der Waals surface area contributed by atoms with Crippen LogP contribution in [-0.4, -0.2) is 59.5 Å². The van der Waals surface area contributed by atoms with E-state index in [-0.39, 0.29) is 31.5 Å². The van der Waals surface area contributed by atoms with Gasteiger partial charge in [0.1, 0.15) is 11.6 Å². The van der Waals surface area contributed by atoms with Gasteiger partial charge in [0.15, 0.2) is 0 Å². The highest BCUT2D eigenvalue weighted by atomic mass is 19.1. The summed E-state index contributed by atoms with van der Waals surface area (Å²) in [5.41, 5.74) is 2.18. The van der Waals surface area contributed by atoms with Crippen LogP contribution in [-0.2, 0) is 28.5 Å². The van der Waals surface area contributed by atoms with E-state index in [0.717, 1.165) is 19.3 Å². The Morgan fingerprint density at radius 1 is 1.20 bits per heavy atom. The molecule has 0 radical (unpaired) electrons. The fourth-order valence-electron chi connectivity index (χ4n) is 4.81. The quantitative estimate of drug-likeness (QED) is 0.297. The normalized spacial score (nSPS) is 31.7. The molecule has 2 rings (SSSR count). The number of hydrogen-bond acceptors (Lipinski definition) is 8. The minimum Gasteiger partial charge on any atom is -0.479 e. The number of halogens is 1. The number of carbonyl (C=O) groups is 3. The molecule has 0 amide bonds. The molecule has 8 atom stereocenters. The maximum atomic E-state index is 14.3. The summed E-state index contributed by atoms with van der Waals surface area (Å²) in [5, 5.41) is 9.07. The second kappa shape index (κ2) is 11.9. The van der Waals surface area contributed by atoms with Gasteiger partial charge >= 0.3 is 18.1 Å². The number of carboxylic acids is 1. The molecule has 0 saturated heterocycles. The predicted molar refractivity (Wildman–Crippen MR) is 125 cm³/mol. The van der Waals surface area contributed by atoms with Crippen LogP contribution in [0, 0.1) is 23.7 Å². The van der Waals surface area contributed by atoms with Gasteiger partial charge in [0.05, 0.1) is 6.10 Å². The topological polar surface area (TPSA) is 134 Å². The van der Waals surface area contributed by atoms with Gasteiger partial charge in [-0.3, -0.25) is 0 Å². The number of ether oxygens (including phenoxy) is 4. The molecule has 2 aliphatic carbocycles. The molecule has 0 heterocycles. The second-order valence-corrected chi connectivity index (χ2v) is 10.8. The van der Waals surface area contributed by atoms with Crippen LogP contribution in [0.3, 0.4) is 0 Å². The summed E-state index contributed by atoms with van der Waals surface area (Å²) in [6.45, 7) is 11.2. The van der Waals surface area contributed by atoms with E-state index in [1.54, 1.807) is 0 Å². The summed E-state index contributed by atoms with van der Waals surface area (Å²) < 4.78 is 36.0. The summed E-state index contributed by atoms with van der Waals surface area (Å²) in [7, 11) is 0. The molecule has 2 unspecified atom stereocenters. The number of nitrogens with two attached hydrogens (primary N) is 1. The van der Waals surface area contributed by atoms with Crippen molar-refractivity contribution in [3.8, 4) is 0 Å². The molecule has 2 saturated carbocycles. The molecule has 0 bridgehead atoms. The summed E-state index contributed by atoms with van der Waals surface area (Å²) >= 11 is 0. The lowest BCUT2D eigenvalue weighted by Gasteiger charge is -2.36. The second-order valence-electron chi connectivity index (χ2n) is 10.8. The van der Waals surface area contributed by atoms with Crippen LogP contribution < -0.4 is 5.73 Å². The van der Waals surface area contributed by atoms with E-state index in [2.05, 4.69) is 20.8 Å². The van der Waals surface area contributed by atoms with Crippen LogP contribution in [0.5, 0.6) is 0 Å². The number of esters is 1. The lowest BCUT2D eigenvalue weighted by Crippen LogP contribution is -2.57. The van der Waals surface area contributed by atoms with Crippen molar-refractivity contribution in [1.29, 1.82) is 0 Å². The number of aliphatic carboxylic acids is 1. The minimum absolute atomic E-state index is 0.0569. The van der Waals surface area contributed by atoms with E-state index < -0.39 is 47.6 Å². The lowest BCUT2D eigenvalue weighted by molar-refractivity contribution is -0.181. The van der Waals surface area contributed by atoms with Gasteiger partial charge in [0, 0.05) is 19.4 Å². The van der Waals surface area contributed by atoms with Crippen LogP contribution in [0.2, 0.25) is 0 Å². The number of hydrogen-bond donors (Lipinski definition) is 2. The zero-order chi connectivity index (χ0) is 26.6. The van der Waals surface area contributed by atoms with Gasteiger partial charge in [-0.25, -0.2) is 18.8 Å². The van der Waals surface area contributed by atoms with Crippen molar-refractivity contribution in [3.05, 3.63) is 0 Å². The van der Waals surface area contributed by atoms with E-state index in [1.165, 1.54) is 13.8 Å². The largest absolute Gasteiger partial charge is 0.511 e. The first kappa shape index (κ1) is 29.3. The molecule has 0 aromatic carbocycles. The standard InChI is InChI=1S/C25H42FNO8/c1-7-10-32-20(12-17-13-25(17,26)21(28)29)24(6,27)22(30)33-16(5)34-23(31)35-19-11-15(4)8-9-18(19)14(2)3/h14-20H,7-13,27H2,1-6H3,(H,28,29)/t15-,16?,17+,18+,19-,20+,24?,25-/m0/s1. The monoisotopic (exact) mass is 503 g/mol. The zero-order valence-electron chi connectivity index (χ0n) is 21.8. The first-order chi connectivity index (χ1) is 16.2. The molecular weight excluding hydrogens is 461 g/mol. The van der Waals surface area contributed by atoms with Crippen molar-refractivity contribution in [2.45, 2.75) is 110 Å². The molecule has 2 aliphatic rings. The predicted octanol–water partition coefficient (Wildman–Crippen LogP) is 4.21. The Kier molecular flexibility index (Phi) is 9.93. The van der Waals surface area contributed by atoms with E-state index >= 15 is 0 Å². The lowest BCUT2D eigenvalue weighted by atomic mass is 9.75. The van der Waals surface area contributed by atoms with E-state index in [0.29, 0.717) is 18.3 Å². The van der Waals surface area contributed by atoms with Crippen molar-refractivity contribution in [2.75, 3.05) is 6.61 Å². The van der Waals surface area contributed by atoms with Gasteiger partial charge in [-0.05, 0) is 56.8 Å². The van der Waals surface area contributed by atoms with E-state index in [9.17, 15) is 18.8 Å². The Morgan fingerprint density at radius 2 is 1.86 bits per heavy atom. The van der Waals surface area contributed by atoms with Crippen molar-refractivity contribution >= 4 is 18.1 Å². The van der Waals surface area contributed by atoms with Gasteiger partial charge in [-0.2, -0.15) is 0 Å². The van der Waals surface area contributed by atoms with Crippen LogP contribution in [0.4, 0.5) is 9.18 Å². The molecule has 0 aromatic rings. The van der Waals surface area contributed by atoms with Crippen molar-refractivity contribution in [1.82, 2.24) is 0 Å². The van der Waals surface area contributed by atoms with Gasteiger partial charge in [0.25, 0.3) is 0 Å². The van der Waals surface area contributed by atoms with Crippen LogP contribution in [0.15, 0.2) is 0 Å². The Balaban J connectivity index is 1.95. The molecule has 10 heteroatoms. The molecule has 9 nitrogen and oxygen atoms in total. The van der Waals surface area contributed by atoms with Crippen LogP contribution in [0.1, 0.15) is 80.1 Å². The first-order valence-electron chi connectivity index (χ1n) is 12.6. The average Bonchev–Trinajstić information content (AvgIpc) is 3.41. The highest BCUT2D eigenvalue weighted by Crippen LogP contribution is 2.51. The molecule has 0 aromatic heterocycles. The van der Waals surface area contributed by atoms with Gasteiger partial charge in [-0.15, -0.1) is 0 Å². The Labute approximate surface area is 207 Å². The first-order valence-corrected chi connectivity index (χ1v) is 12.6. The highest BCUT2D eigenvalue weighted by Gasteiger charge is 2.63. The highest BCUT2D eigenvalue weighted by molar-refractivity contribution is 5.82. The summed E-state index contributed by atoms with van der Waals surface area (Å²) in [6, 6.07) is 0. The third kappa shape index (κ3) is 7.52. The third-order valence-electron chi connectivity index (χ3n) is 7.26. The Morgan fingerprint density at radius 3 is 2.40 bits per heavy atom. The average molecular weight is 504 g/mol. The van der Waals surface area contributed by atoms with E-state index in [4.69, 9.17) is 29.8 Å². The SMILES string of the molecule is CCCO[C@H](C[C@@H]1C[C@@]1(F)C(=O)O)C(C)(N)C(=O)OC(C)OC(=O)O[C@H]1C[C@@H](C)CC[C@@H]1C(C)C. The van der Waals surface area contributed by atoms with Crippen molar-refractivity contribution < 1.29 is 42.8 Å². The van der Waals surface area contributed by atoms with Crippen molar-refractivity contribution in [3.63, 3.8) is 0 Å². The molecule has 2 fully saturated rings. The van der Waals surface area contributed by atoms with Crippen LogP contribution >= 0.6 is 0 Å². The maximum Gasteiger partial charge on any atom is 0.511 e. The number of carboxylic acid groups (broad SMARTS) is 1. The third-order valence-corrected chi connectivity index (χ3v) is 7.26. The summed E-state index contributed by atoms with van der Waals surface area (Å²) in [4.78, 5) is 36.4. The smallest absolute Gasteiger partial charge is 0.479 e. The maximum absolute atomic E-state index is 14.3. The molecule has 0 aliphatic heterocycles. The molecule has 3 N–H and O–H groups in total. The molecule has 0 spiro atoms.